The first-order chi connectivity index (χ1) is 23.5. The molecule has 0 unspecified atom stereocenters. The first-order valence-electron chi connectivity index (χ1n) is 19.7. The van der Waals surface area contributed by atoms with Crippen molar-refractivity contribution in [3.05, 3.63) is 82.4 Å². The number of hydrogen-bond acceptors (Lipinski definition) is 0. The summed E-state index contributed by atoms with van der Waals surface area (Å²) >= 11 is 0. The molecule has 2 heteroatoms. The van der Waals surface area contributed by atoms with E-state index in [9.17, 15) is 0 Å². The van der Waals surface area contributed by atoms with E-state index in [0.29, 0.717) is 21.5 Å². The molecule has 0 aliphatic heterocycles. The summed E-state index contributed by atoms with van der Waals surface area (Å²) in [5, 5.41) is 5.66. The first kappa shape index (κ1) is 36.3. The van der Waals surface area contributed by atoms with Crippen molar-refractivity contribution in [3.63, 3.8) is 0 Å². The average molecular weight is 651 g/mol. The van der Waals surface area contributed by atoms with E-state index in [2.05, 4.69) is 52.0 Å². The summed E-state index contributed by atoms with van der Waals surface area (Å²) in [6.07, 6.45) is 23.8. The highest BCUT2D eigenvalue weighted by molar-refractivity contribution is 6.09. The molecular formula is C46H60F2. The lowest BCUT2D eigenvalue weighted by molar-refractivity contribution is 0.635. The monoisotopic (exact) mass is 650 g/mol. The zero-order valence-electron chi connectivity index (χ0n) is 30.5. The van der Waals surface area contributed by atoms with Gasteiger partial charge in [0, 0.05) is 21.5 Å². The molecule has 0 saturated carbocycles. The minimum absolute atomic E-state index is 0.300. The second-order valence-corrected chi connectivity index (χ2v) is 14.6. The number of halogens is 2. The third-order valence-electron chi connectivity index (χ3n) is 10.7. The molecule has 0 radical (unpaired) electrons. The van der Waals surface area contributed by atoms with Crippen molar-refractivity contribution in [1.29, 1.82) is 0 Å². The highest BCUT2D eigenvalue weighted by Crippen LogP contribution is 2.37. The minimum Gasteiger partial charge on any atom is -0.206 e. The van der Waals surface area contributed by atoms with Crippen molar-refractivity contribution in [2.75, 3.05) is 0 Å². The molecule has 0 N–H and O–H groups in total. The number of fused-ring (bicyclic) bond motifs is 4. The predicted molar refractivity (Wildman–Crippen MR) is 208 cm³/mol. The quantitative estimate of drug-likeness (QED) is 0.0581. The van der Waals surface area contributed by atoms with Gasteiger partial charge in [-0.2, -0.15) is 0 Å². The van der Waals surface area contributed by atoms with Crippen LogP contribution in [0.3, 0.4) is 0 Å². The molecule has 0 saturated heterocycles. The molecule has 0 atom stereocenters. The molecule has 0 nitrogen and oxygen atoms in total. The second-order valence-electron chi connectivity index (χ2n) is 14.6. The Morgan fingerprint density at radius 3 is 0.750 bits per heavy atom. The molecule has 0 aliphatic carbocycles. The predicted octanol–water partition coefficient (Wildman–Crippen LogP) is 15.1. The molecule has 258 valence electrons. The molecule has 5 aromatic carbocycles. The highest BCUT2D eigenvalue weighted by Gasteiger charge is 2.18. The maximum atomic E-state index is 16.5. The van der Waals surface area contributed by atoms with Crippen LogP contribution in [0, 0.1) is 11.6 Å². The van der Waals surface area contributed by atoms with Crippen molar-refractivity contribution < 1.29 is 8.78 Å². The Morgan fingerprint density at radius 1 is 0.312 bits per heavy atom. The lowest BCUT2D eigenvalue weighted by atomic mass is 9.90. The summed E-state index contributed by atoms with van der Waals surface area (Å²) in [5.74, 6) is -0.599. The summed E-state index contributed by atoms with van der Waals surface area (Å²) in [4.78, 5) is 0. The molecule has 5 rings (SSSR count). The van der Waals surface area contributed by atoms with Crippen molar-refractivity contribution >= 4 is 43.1 Å². The lowest BCUT2D eigenvalue weighted by Gasteiger charge is -2.16. The van der Waals surface area contributed by atoms with Crippen LogP contribution in [0.4, 0.5) is 8.78 Å². The number of rotatable bonds is 20. The molecule has 5 aromatic rings. The van der Waals surface area contributed by atoms with Crippen LogP contribution in [0.1, 0.15) is 153 Å². The van der Waals surface area contributed by atoms with Crippen molar-refractivity contribution in [3.8, 4) is 0 Å². The summed E-state index contributed by atoms with van der Waals surface area (Å²) in [5.41, 5.74) is 5.55. The number of unbranched alkanes of at least 4 members (excludes halogenated alkanes) is 12. The van der Waals surface area contributed by atoms with Crippen molar-refractivity contribution in [2.24, 2.45) is 0 Å². The summed E-state index contributed by atoms with van der Waals surface area (Å²) in [6.45, 7) is 9.00. The molecule has 0 bridgehead atoms. The normalized spacial score (nSPS) is 12.0. The third-order valence-corrected chi connectivity index (χ3v) is 10.7. The second kappa shape index (κ2) is 18.1. The van der Waals surface area contributed by atoms with Crippen LogP contribution in [0.5, 0.6) is 0 Å². The first-order valence-corrected chi connectivity index (χ1v) is 19.7. The fourth-order valence-corrected chi connectivity index (χ4v) is 7.80. The van der Waals surface area contributed by atoms with Crippen LogP contribution in [0.15, 0.2) is 48.5 Å². The van der Waals surface area contributed by atoms with Gasteiger partial charge >= 0.3 is 0 Å². The highest BCUT2D eigenvalue weighted by atomic mass is 19.1. The summed E-state index contributed by atoms with van der Waals surface area (Å²) < 4.78 is 33.1. The largest absolute Gasteiger partial charge is 0.206 e. The number of hydrogen-bond donors (Lipinski definition) is 0. The lowest BCUT2D eigenvalue weighted by Crippen LogP contribution is -1.98. The third kappa shape index (κ3) is 8.77. The van der Waals surface area contributed by atoms with E-state index < -0.39 is 0 Å². The van der Waals surface area contributed by atoms with Gasteiger partial charge in [0.15, 0.2) is 0 Å². The molecular weight excluding hydrogens is 591 g/mol. The SMILES string of the molecule is CCCCCCc1cc2cc3c(F)c4cc5cc(CCCCCC)c(CCCCCC)cc5cc4c(F)c3cc2cc1CCCCCC. The van der Waals surface area contributed by atoms with Crippen molar-refractivity contribution in [2.45, 2.75) is 156 Å². The van der Waals surface area contributed by atoms with Crippen LogP contribution < -0.4 is 0 Å². The van der Waals surface area contributed by atoms with Crippen LogP contribution in [-0.2, 0) is 25.7 Å². The van der Waals surface area contributed by atoms with Crippen LogP contribution in [0.25, 0.3) is 43.1 Å². The fourth-order valence-electron chi connectivity index (χ4n) is 7.80. The van der Waals surface area contributed by atoms with Gasteiger partial charge in [0.05, 0.1) is 0 Å². The van der Waals surface area contributed by atoms with Crippen LogP contribution in [-0.4, -0.2) is 0 Å². The van der Waals surface area contributed by atoms with Gasteiger partial charge in [-0.3, -0.25) is 0 Å². The maximum absolute atomic E-state index is 16.5. The number of benzene rings is 5. The fraction of sp³-hybridized carbons (Fsp3) is 0.522. The van der Waals surface area contributed by atoms with E-state index in [4.69, 9.17) is 0 Å². The standard InChI is InChI=1S/C46H60F2/c1-5-9-13-17-21-33-25-37-29-41-42(30-38(37)26-34(33)22-18-14-10-6-2)46(48)44-32-40-28-36(24-20-16-12-8-4)35(23-19-15-11-7-3)27-39(40)31-43(44)45(41)47/h25-32H,5-24H2,1-4H3. The van der Waals surface area contributed by atoms with E-state index in [0.717, 1.165) is 47.2 Å². The van der Waals surface area contributed by atoms with Gasteiger partial charge in [-0.15, -0.1) is 0 Å². The molecule has 0 heterocycles. The summed E-state index contributed by atoms with van der Waals surface area (Å²) in [7, 11) is 0. The average Bonchev–Trinajstić information content (AvgIpc) is 3.10. The topological polar surface area (TPSA) is 0 Å². The van der Waals surface area contributed by atoms with Gasteiger partial charge in [0.25, 0.3) is 0 Å². The Morgan fingerprint density at radius 2 is 0.542 bits per heavy atom. The van der Waals surface area contributed by atoms with Gasteiger partial charge in [-0.05, 0) is 119 Å². The smallest absolute Gasteiger partial charge is 0.139 e. The summed E-state index contributed by atoms with van der Waals surface area (Å²) in [6, 6.07) is 16.8. The molecule has 0 fully saturated rings. The molecule has 0 spiro atoms. The van der Waals surface area contributed by atoms with Gasteiger partial charge in [0.1, 0.15) is 11.6 Å². The van der Waals surface area contributed by atoms with Crippen molar-refractivity contribution in [1.82, 2.24) is 0 Å². The molecule has 48 heavy (non-hydrogen) atoms. The van der Waals surface area contributed by atoms with Gasteiger partial charge < -0.3 is 0 Å². The molecule has 0 aliphatic rings. The van der Waals surface area contributed by atoms with E-state index in [1.54, 1.807) is 0 Å². The van der Waals surface area contributed by atoms with E-state index in [1.165, 1.54) is 125 Å². The Bertz CT molecular complexity index is 1540. The van der Waals surface area contributed by atoms with E-state index >= 15 is 8.78 Å². The zero-order valence-corrected chi connectivity index (χ0v) is 30.5. The van der Waals surface area contributed by atoms with Gasteiger partial charge in [-0.1, -0.05) is 129 Å². The van der Waals surface area contributed by atoms with E-state index in [1.807, 2.05) is 24.3 Å². The van der Waals surface area contributed by atoms with Gasteiger partial charge in [-0.25, -0.2) is 8.78 Å². The number of aryl methyl sites for hydroxylation is 4. The Hall–Kier alpha value is -3.00. The Labute approximate surface area is 289 Å². The minimum atomic E-state index is -0.300. The Kier molecular flexibility index (Phi) is 13.7. The molecule has 0 aromatic heterocycles. The van der Waals surface area contributed by atoms with E-state index in [-0.39, 0.29) is 11.6 Å². The molecule has 0 amide bonds. The maximum Gasteiger partial charge on any atom is 0.139 e. The Balaban J connectivity index is 1.59. The van der Waals surface area contributed by atoms with Gasteiger partial charge in [0.2, 0.25) is 0 Å². The zero-order chi connectivity index (χ0) is 33.9. The van der Waals surface area contributed by atoms with Crippen LogP contribution >= 0.6 is 0 Å². The van der Waals surface area contributed by atoms with Crippen LogP contribution in [0.2, 0.25) is 0 Å².